The van der Waals surface area contributed by atoms with E-state index in [2.05, 4.69) is 17.0 Å². The smallest absolute Gasteiger partial charge is 0.223 e. The van der Waals surface area contributed by atoms with Crippen molar-refractivity contribution in [1.29, 1.82) is 0 Å². The van der Waals surface area contributed by atoms with E-state index in [0.717, 1.165) is 38.5 Å². The maximum atomic E-state index is 14.7. The molecule has 26 heavy (non-hydrogen) atoms. The molecule has 1 N–H and O–H groups in total. The van der Waals surface area contributed by atoms with E-state index in [0.29, 0.717) is 6.42 Å². The molecule has 142 valence electrons. The lowest BCUT2D eigenvalue weighted by Crippen LogP contribution is -2.41. The lowest BCUT2D eigenvalue weighted by Gasteiger charge is -2.36. The molecule has 0 aliphatic heterocycles. The van der Waals surface area contributed by atoms with E-state index in [9.17, 15) is 13.6 Å². The molecule has 6 heteroatoms. The predicted octanol–water partition coefficient (Wildman–Crippen LogP) is 5.23. The monoisotopic (exact) mass is 382 g/mol. The molecule has 2 aliphatic rings. The number of nitrogens with zero attached hydrogens (tertiary/aromatic N) is 1. The summed E-state index contributed by atoms with van der Waals surface area (Å²) in [5, 5.41) is 2.85. The van der Waals surface area contributed by atoms with E-state index in [4.69, 9.17) is 11.6 Å². The number of carbonyl (C=O) groups is 1. The van der Waals surface area contributed by atoms with Gasteiger partial charge in [0.05, 0.1) is 11.1 Å². The highest BCUT2D eigenvalue weighted by molar-refractivity contribution is 6.30. The van der Waals surface area contributed by atoms with E-state index >= 15 is 0 Å². The number of carbonyl (C=O) groups excluding carboxylic acids is 1. The van der Waals surface area contributed by atoms with Crippen molar-refractivity contribution >= 4 is 24.2 Å². The number of benzene rings is 1. The molecule has 2 aliphatic carbocycles. The average molecular weight is 383 g/mol. The summed E-state index contributed by atoms with van der Waals surface area (Å²) in [4.78, 5) is 16.9. The Kier molecular flexibility index (Phi) is 5.66. The van der Waals surface area contributed by atoms with Gasteiger partial charge in [0, 0.05) is 17.5 Å². The largest absolute Gasteiger partial charge is 0.348 e. The second-order valence-corrected chi connectivity index (χ2v) is 8.31. The van der Waals surface area contributed by atoms with Crippen molar-refractivity contribution in [2.24, 2.45) is 16.3 Å². The molecule has 0 saturated heterocycles. The molecule has 3 atom stereocenters. The number of nitrogens with one attached hydrogen (secondary N) is 1. The van der Waals surface area contributed by atoms with E-state index in [1.807, 2.05) is 6.92 Å². The normalized spacial score (nSPS) is 25.8. The first-order chi connectivity index (χ1) is 12.4. The number of rotatable bonds is 5. The van der Waals surface area contributed by atoms with Gasteiger partial charge in [-0.2, -0.15) is 0 Å². The van der Waals surface area contributed by atoms with Crippen LogP contribution in [0.4, 0.5) is 8.78 Å². The molecular weight excluding hydrogens is 358 g/mol. The molecular formula is C20H25ClF2N2O. The van der Waals surface area contributed by atoms with Crippen LogP contribution in [0.2, 0.25) is 5.02 Å². The van der Waals surface area contributed by atoms with Crippen molar-refractivity contribution in [3.63, 3.8) is 0 Å². The van der Waals surface area contributed by atoms with Crippen LogP contribution in [0.15, 0.2) is 17.1 Å². The van der Waals surface area contributed by atoms with Gasteiger partial charge in [-0.25, -0.2) is 8.78 Å². The quantitative estimate of drug-likeness (QED) is 0.550. The fourth-order valence-corrected chi connectivity index (χ4v) is 4.66. The van der Waals surface area contributed by atoms with Crippen molar-refractivity contribution in [2.45, 2.75) is 64.0 Å². The van der Waals surface area contributed by atoms with Gasteiger partial charge in [0.1, 0.15) is 11.6 Å². The minimum Gasteiger partial charge on any atom is -0.348 e. The van der Waals surface area contributed by atoms with Crippen LogP contribution in [0, 0.1) is 23.0 Å². The Hall–Kier alpha value is -1.49. The van der Waals surface area contributed by atoms with E-state index < -0.39 is 23.1 Å². The molecule has 1 aromatic rings. The van der Waals surface area contributed by atoms with Crippen molar-refractivity contribution in [3.8, 4) is 0 Å². The molecule has 0 aromatic heterocycles. The van der Waals surface area contributed by atoms with Crippen LogP contribution >= 0.6 is 11.6 Å². The van der Waals surface area contributed by atoms with Gasteiger partial charge in [-0.15, -0.1) is 0 Å². The maximum absolute atomic E-state index is 14.7. The third-order valence-corrected chi connectivity index (χ3v) is 6.42. The summed E-state index contributed by atoms with van der Waals surface area (Å²) in [6, 6.07) is 1.74. The van der Waals surface area contributed by atoms with Crippen LogP contribution in [0.5, 0.6) is 0 Å². The number of halogens is 3. The Balaban J connectivity index is 1.92. The molecule has 3 rings (SSSR count). The second kappa shape index (κ2) is 7.63. The summed E-state index contributed by atoms with van der Waals surface area (Å²) in [5.74, 6) is -1.79. The summed E-state index contributed by atoms with van der Waals surface area (Å²) < 4.78 is 29.3. The van der Waals surface area contributed by atoms with Crippen LogP contribution in [0.1, 0.15) is 63.5 Å². The Morgan fingerprint density at radius 1 is 1.35 bits per heavy atom. The summed E-state index contributed by atoms with van der Waals surface area (Å²) in [6.45, 7) is 5.55. The Morgan fingerprint density at radius 2 is 2.04 bits per heavy atom. The first kappa shape index (κ1) is 19.3. The van der Waals surface area contributed by atoms with Crippen molar-refractivity contribution in [3.05, 3.63) is 34.4 Å². The zero-order valence-electron chi connectivity index (χ0n) is 15.0. The summed E-state index contributed by atoms with van der Waals surface area (Å²) in [7, 11) is 0. The molecule has 0 heterocycles. The van der Waals surface area contributed by atoms with Gasteiger partial charge >= 0.3 is 0 Å². The molecule has 0 unspecified atom stereocenters. The van der Waals surface area contributed by atoms with Gasteiger partial charge in [0.2, 0.25) is 5.91 Å². The van der Waals surface area contributed by atoms with Gasteiger partial charge < -0.3 is 5.32 Å². The summed E-state index contributed by atoms with van der Waals surface area (Å²) in [6.07, 6.45) is 5.77. The summed E-state index contributed by atoms with van der Waals surface area (Å²) in [5.41, 5.74) is -0.511. The predicted molar refractivity (Wildman–Crippen MR) is 99.5 cm³/mol. The van der Waals surface area contributed by atoms with Crippen molar-refractivity contribution in [1.82, 2.24) is 5.32 Å². The van der Waals surface area contributed by atoms with E-state index in [1.54, 1.807) is 0 Å². The summed E-state index contributed by atoms with van der Waals surface area (Å²) >= 11 is 5.91. The molecule has 3 nitrogen and oxygen atoms in total. The van der Waals surface area contributed by atoms with Crippen LogP contribution < -0.4 is 5.32 Å². The minimum atomic E-state index is -0.776. The fraction of sp³-hybridized carbons (Fsp3) is 0.600. The van der Waals surface area contributed by atoms with Crippen LogP contribution in [-0.4, -0.2) is 18.7 Å². The zero-order chi connectivity index (χ0) is 18.9. The molecule has 2 saturated carbocycles. The first-order valence-corrected chi connectivity index (χ1v) is 9.63. The van der Waals surface area contributed by atoms with E-state index in [1.165, 1.54) is 12.1 Å². The highest BCUT2D eigenvalue weighted by Gasteiger charge is 2.43. The van der Waals surface area contributed by atoms with Gasteiger partial charge in [0.15, 0.2) is 0 Å². The number of amides is 1. The molecule has 0 spiro atoms. The average Bonchev–Trinajstić information content (AvgIpc) is 3.27. The number of hydrogen-bond donors (Lipinski definition) is 1. The first-order valence-electron chi connectivity index (χ1n) is 9.25. The lowest BCUT2D eigenvalue weighted by molar-refractivity contribution is -0.126. The van der Waals surface area contributed by atoms with Crippen LogP contribution in [0.3, 0.4) is 0 Å². The van der Waals surface area contributed by atoms with Gasteiger partial charge in [-0.1, -0.05) is 31.4 Å². The highest BCUT2D eigenvalue weighted by Crippen LogP contribution is 2.49. The second-order valence-electron chi connectivity index (χ2n) is 7.91. The Morgan fingerprint density at radius 3 is 2.65 bits per heavy atom. The fourth-order valence-electron chi connectivity index (χ4n) is 4.50. The van der Waals surface area contributed by atoms with Crippen molar-refractivity contribution in [2.75, 3.05) is 0 Å². The lowest BCUT2D eigenvalue weighted by atomic mass is 9.76. The minimum absolute atomic E-state index is 0.0888. The highest BCUT2D eigenvalue weighted by atomic mass is 35.5. The molecule has 0 bridgehead atoms. The Labute approximate surface area is 158 Å². The zero-order valence-corrected chi connectivity index (χ0v) is 15.8. The van der Waals surface area contributed by atoms with Gasteiger partial charge in [-0.3, -0.25) is 9.79 Å². The Bertz CT molecular complexity index is 703. The number of hydrogen-bond acceptors (Lipinski definition) is 2. The van der Waals surface area contributed by atoms with Gasteiger partial charge in [-0.05, 0) is 56.4 Å². The van der Waals surface area contributed by atoms with Crippen LogP contribution in [0.25, 0.3) is 0 Å². The molecule has 1 amide bonds. The maximum Gasteiger partial charge on any atom is 0.223 e. The molecule has 2 fully saturated rings. The standard InChI is InChI=1S/C20H25ClF2N2O/c1-20(9-3-4-10-20)18(16-15(22)8-7-14(21)17(16)23)25-19(26)12-5-6-13(11-12)24-2/h7-8,12-13,18H,2-6,9-11H2,1H3,(H,25,26)/t12-,13-,18-/m1/s1. The third-order valence-electron chi connectivity index (χ3n) is 6.13. The third kappa shape index (κ3) is 3.64. The van der Waals surface area contributed by atoms with Gasteiger partial charge in [0.25, 0.3) is 0 Å². The molecule has 1 aromatic carbocycles. The molecule has 0 radical (unpaired) electrons. The van der Waals surface area contributed by atoms with Crippen LogP contribution in [-0.2, 0) is 4.79 Å². The number of aliphatic imine (C=N–C) groups is 1. The SMILES string of the molecule is C=N[C@@H]1CC[C@@H](C(=O)N[C@H](c2c(F)ccc(Cl)c2F)C2(C)CCCC2)C1. The topological polar surface area (TPSA) is 41.5 Å². The van der Waals surface area contributed by atoms with E-state index in [-0.39, 0.29) is 28.5 Å². The van der Waals surface area contributed by atoms with Crippen molar-refractivity contribution < 1.29 is 13.6 Å².